The number of nitrogens with two attached hydrogens (primary N) is 1. The van der Waals surface area contributed by atoms with E-state index < -0.39 is 0 Å². The number of nitrogens with zero attached hydrogens (tertiary/aromatic N) is 2. The van der Waals surface area contributed by atoms with Crippen molar-refractivity contribution in [3.05, 3.63) is 47.4 Å². The minimum atomic E-state index is -0.145. The van der Waals surface area contributed by atoms with Crippen molar-refractivity contribution in [3.63, 3.8) is 0 Å². The van der Waals surface area contributed by atoms with Crippen molar-refractivity contribution in [2.75, 3.05) is 0 Å². The quantitative estimate of drug-likeness (QED) is 0.911. The Morgan fingerprint density at radius 1 is 1.11 bits per heavy atom. The molecule has 3 heteroatoms. The highest BCUT2D eigenvalue weighted by atomic mass is 14.9. The fourth-order valence-electron chi connectivity index (χ4n) is 2.02. The Hall–Kier alpha value is -1.74. The molecule has 2 aromatic rings. The van der Waals surface area contributed by atoms with Gasteiger partial charge in [-0.15, -0.1) is 0 Å². The fourth-order valence-corrected chi connectivity index (χ4v) is 2.02. The first-order chi connectivity index (χ1) is 8.99. The third-order valence-electron chi connectivity index (χ3n) is 3.29. The van der Waals surface area contributed by atoms with Crippen LogP contribution in [0.4, 0.5) is 0 Å². The van der Waals surface area contributed by atoms with E-state index in [1.165, 1.54) is 11.1 Å². The molecule has 0 spiro atoms. The summed E-state index contributed by atoms with van der Waals surface area (Å²) in [5.41, 5.74) is 10.5. The molecule has 0 radical (unpaired) electrons. The predicted octanol–water partition coefficient (Wildman–Crippen LogP) is 3.60. The van der Waals surface area contributed by atoms with Crippen molar-refractivity contribution in [2.24, 2.45) is 5.73 Å². The molecule has 1 aromatic carbocycles. The number of benzene rings is 1. The summed E-state index contributed by atoms with van der Waals surface area (Å²) in [5.74, 6) is 1.20. The van der Waals surface area contributed by atoms with E-state index >= 15 is 0 Å². The van der Waals surface area contributed by atoms with E-state index in [9.17, 15) is 0 Å². The van der Waals surface area contributed by atoms with Gasteiger partial charge in [-0.2, -0.15) is 0 Å². The molecule has 0 aliphatic heterocycles. The van der Waals surface area contributed by atoms with Crippen molar-refractivity contribution < 1.29 is 0 Å². The zero-order valence-electron chi connectivity index (χ0n) is 12.0. The molecule has 2 N–H and O–H groups in total. The minimum Gasteiger partial charge on any atom is -0.322 e. The normalized spacial score (nSPS) is 12.7. The van der Waals surface area contributed by atoms with Gasteiger partial charge in [0.05, 0.1) is 11.7 Å². The van der Waals surface area contributed by atoms with Gasteiger partial charge in [-0.1, -0.05) is 26.0 Å². The van der Waals surface area contributed by atoms with Gasteiger partial charge in [-0.05, 0) is 43.0 Å². The van der Waals surface area contributed by atoms with Gasteiger partial charge in [0.1, 0.15) is 5.82 Å². The van der Waals surface area contributed by atoms with Crippen LogP contribution in [0.25, 0.3) is 11.3 Å². The monoisotopic (exact) mass is 255 g/mol. The number of aromatic nitrogens is 2. The molecular formula is C16H21N3. The molecule has 0 amide bonds. The Morgan fingerprint density at radius 3 is 2.47 bits per heavy atom. The van der Waals surface area contributed by atoms with Crippen molar-refractivity contribution in [3.8, 4) is 11.3 Å². The van der Waals surface area contributed by atoms with E-state index in [0.29, 0.717) is 11.7 Å². The molecule has 0 fully saturated rings. The highest BCUT2D eigenvalue weighted by molar-refractivity contribution is 5.64. The highest BCUT2D eigenvalue weighted by Gasteiger charge is 2.09. The topological polar surface area (TPSA) is 51.8 Å². The second kappa shape index (κ2) is 5.49. The van der Waals surface area contributed by atoms with E-state index in [2.05, 4.69) is 48.9 Å². The Kier molecular flexibility index (Phi) is 3.96. The van der Waals surface area contributed by atoms with E-state index in [-0.39, 0.29) is 6.04 Å². The lowest BCUT2D eigenvalue weighted by atomic mass is 9.96. The molecule has 0 aliphatic carbocycles. The maximum atomic E-state index is 5.85. The molecule has 1 aromatic heterocycles. The SMILES string of the molecule is Cc1ccc(C(C)C)cc1-c1ccnc(C(C)N)n1. The van der Waals surface area contributed by atoms with Gasteiger partial charge in [0.2, 0.25) is 0 Å². The van der Waals surface area contributed by atoms with Crippen LogP contribution >= 0.6 is 0 Å². The lowest BCUT2D eigenvalue weighted by molar-refractivity contribution is 0.740. The van der Waals surface area contributed by atoms with E-state index in [0.717, 1.165) is 11.3 Å². The first-order valence-corrected chi connectivity index (χ1v) is 6.68. The largest absolute Gasteiger partial charge is 0.322 e. The Labute approximate surface area is 114 Å². The van der Waals surface area contributed by atoms with Crippen LogP contribution in [0, 0.1) is 6.92 Å². The number of hydrogen-bond donors (Lipinski definition) is 1. The van der Waals surface area contributed by atoms with Crippen LogP contribution in [-0.4, -0.2) is 9.97 Å². The maximum absolute atomic E-state index is 5.85. The van der Waals surface area contributed by atoms with Crippen LogP contribution in [0.5, 0.6) is 0 Å². The van der Waals surface area contributed by atoms with Gasteiger partial charge < -0.3 is 5.73 Å². The van der Waals surface area contributed by atoms with Crippen LogP contribution in [0.1, 0.15) is 49.7 Å². The summed E-state index contributed by atoms with van der Waals surface area (Å²) in [4.78, 5) is 8.78. The summed E-state index contributed by atoms with van der Waals surface area (Å²) in [6.45, 7) is 8.40. The standard InChI is InChI=1S/C16H21N3/c1-10(2)13-6-5-11(3)14(9-13)15-7-8-18-16(19-15)12(4)17/h5-10,12H,17H2,1-4H3. The second-order valence-corrected chi connectivity index (χ2v) is 5.32. The number of rotatable bonds is 3. The summed E-state index contributed by atoms with van der Waals surface area (Å²) < 4.78 is 0. The Morgan fingerprint density at radius 2 is 1.84 bits per heavy atom. The van der Waals surface area contributed by atoms with E-state index in [1.807, 2.05) is 13.0 Å². The molecule has 100 valence electrons. The van der Waals surface area contributed by atoms with Crippen molar-refractivity contribution >= 4 is 0 Å². The average molecular weight is 255 g/mol. The first-order valence-electron chi connectivity index (χ1n) is 6.68. The van der Waals surface area contributed by atoms with E-state index in [1.54, 1.807) is 6.20 Å². The zero-order valence-corrected chi connectivity index (χ0v) is 12.0. The second-order valence-electron chi connectivity index (χ2n) is 5.32. The molecule has 1 unspecified atom stereocenters. The summed E-state index contributed by atoms with van der Waals surface area (Å²) in [7, 11) is 0. The van der Waals surface area contributed by atoms with Gasteiger partial charge in [-0.3, -0.25) is 0 Å². The maximum Gasteiger partial charge on any atom is 0.145 e. The zero-order chi connectivity index (χ0) is 14.0. The van der Waals surface area contributed by atoms with Gasteiger partial charge >= 0.3 is 0 Å². The number of aryl methyl sites for hydroxylation is 1. The molecule has 0 aliphatic rings. The lowest BCUT2D eigenvalue weighted by Crippen LogP contribution is -2.10. The van der Waals surface area contributed by atoms with E-state index in [4.69, 9.17) is 5.73 Å². The molecular weight excluding hydrogens is 234 g/mol. The van der Waals surface area contributed by atoms with Crippen molar-refractivity contribution in [1.29, 1.82) is 0 Å². The average Bonchev–Trinajstić information content (AvgIpc) is 2.39. The Balaban J connectivity index is 2.51. The van der Waals surface area contributed by atoms with Crippen molar-refractivity contribution in [2.45, 2.75) is 39.7 Å². The molecule has 2 rings (SSSR count). The van der Waals surface area contributed by atoms with Crippen LogP contribution in [0.2, 0.25) is 0 Å². The molecule has 0 saturated carbocycles. The molecule has 0 bridgehead atoms. The Bertz CT molecular complexity index is 574. The van der Waals surface area contributed by atoms with Crippen LogP contribution in [0.3, 0.4) is 0 Å². The molecule has 1 heterocycles. The van der Waals surface area contributed by atoms with Crippen LogP contribution in [-0.2, 0) is 0 Å². The molecule has 3 nitrogen and oxygen atoms in total. The summed E-state index contributed by atoms with van der Waals surface area (Å²) in [5, 5.41) is 0. The third kappa shape index (κ3) is 2.99. The minimum absolute atomic E-state index is 0.145. The highest BCUT2D eigenvalue weighted by Crippen LogP contribution is 2.26. The van der Waals surface area contributed by atoms with Crippen LogP contribution < -0.4 is 5.73 Å². The van der Waals surface area contributed by atoms with Gasteiger partial charge in [0.25, 0.3) is 0 Å². The fraction of sp³-hybridized carbons (Fsp3) is 0.375. The molecule has 1 atom stereocenters. The lowest BCUT2D eigenvalue weighted by Gasteiger charge is -2.12. The molecule has 0 saturated heterocycles. The first kappa shape index (κ1) is 13.7. The third-order valence-corrected chi connectivity index (χ3v) is 3.29. The van der Waals surface area contributed by atoms with Gasteiger partial charge in [-0.25, -0.2) is 9.97 Å². The summed E-state index contributed by atoms with van der Waals surface area (Å²) in [6.07, 6.45) is 1.78. The summed E-state index contributed by atoms with van der Waals surface area (Å²) in [6, 6.07) is 8.34. The van der Waals surface area contributed by atoms with Gasteiger partial charge in [0, 0.05) is 11.8 Å². The smallest absolute Gasteiger partial charge is 0.145 e. The van der Waals surface area contributed by atoms with Crippen molar-refractivity contribution in [1.82, 2.24) is 9.97 Å². The van der Waals surface area contributed by atoms with Gasteiger partial charge in [0.15, 0.2) is 0 Å². The van der Waals surface area contributed by atoms with Crippen LogP contribution in [0.15, 0.2) is 30.5 Å². The summed E-state index contributed by atoms with van der Waals surface area (Å²) >= 11 is 0. The molecule has 19 heavy (non-hydrogen) atoms. The number of hydrogen-bond acceptors (Lipinski definition) is 3. The predicted molar refractivity (Wildman–Crippen MR) is 78.9 cm³/mol.